The fourth-order valence-corrected chi connectivity index (χ4v) is 3.73. The van der Waals surface area contributed by atoms with Crippen LogP contribution in [0.3, 0.4) is 0 Å². The van der Waals surface area contributed by atoms with Crippen molar-refractivity contribution in [2.45, 2.75) is 46.5 Å². The second-order valence-corrected chi connectivity index (χ2v) is 5.89. The number of imide groups is 2. The van der Waals surface area contributed by atoms with Crippen LogP contribution in [0.4, 0.5) is 4.79 Å². The number of barbiturate groups is 1. The Morgan fingerprint density at radius 2 is 1.95 bits per heavy atom. The fraction of sp³-hybridized carbons (Fsp3) is 0.786. The van der Waals surface area contributed by atoms with E-state index in [1.54, 1.807) is 0 Å². The monoisotopic (exact) mass is 288 g/mol. The normalized spacial score (nSPS) is 36.5. The van der Waals surface area contributed by atoms with E-state index in [9.17, 15) is 14.4 Å². The van der Waals surface area contributed by atoms with Crippen molar-refractivity contribution in [3.8, 4) is 0 Å². The molecule has 1 aliphatic carbocycles. The Labute approximate surface area is 141 Å². The number of hydrogen-bond acceptors (Lipinski definition) is 3. The van der Waals surface area contributed by atoms with E-state index in [2.05, 4.69) is 24.5 Å². The molecule has 20 heavy (non-hydrogen) atoms. The van der Waals surface area contributed by atoms with Gasteiger partial charge >= 0.3 is 29.6 Å². The van der Waals surface area contributed by atoms with E-state index >= 15 is 0 Å². The Balaban J connectivity index is 0.00000200. The predicted octanol–water partition coefficient (Wildman–Crippen LogP) is -0.391. The summed E-state index contributed by atoms with van der Waals surface area (Å²) in [5.41, 5.74) is -1.11. The quantitative estimate of drug-likeness (QED) is 0.567. The van der Waals surface area contributed by atoms with E-state index in [0.717, 1.165) is 25.7 Å². The molecule has 1 heterocycles. The third-order valence-corrected chi connectivity index (χ3v) is 4.93. The molecule has 0 aromatic carbocycles. The van der Waals surface area contributed by atoms with Gasteiger partial charge in [0.25, 0.3) is 0 Å². The zero-order chi connectivity index (χ0) is 14.2. The van der Waals surface area contributed by atoms with Gasteiger partial charge in [-0.15, -0.1) is 0 Å². The van der Waals surface area contributed by atoms with Crippen molar-refractivity contribution in [1.29, 1.82) is 0 Å². The number of urea groups is 1. The van der Waals surface area contributed by atoms with E-state index < -0.39 is 23.3 Å². The second-order valence-electron chi connectivity index (χ2n) is 5.89. The van der Waals surface area contributed by atoms with E-state index in [1.807, 2.05) is 6.92 Å². The molecule has 4 amide bonds. The van der Waals surface area contributed by atoms with Gasteiger partial charge in [0, 0.05) is 0 Å². The Hall–Kier alpha value is -0.390. The van der Waals surface area contributed by atoms with Crippen molar-refractivity contribution in [2.24, 2.45) is 23.2 Å². The minimum absolute atomic E-state index is 0. The zero-order valence-corrected chi connectivity index (χ0v) is 14.7. The maximum absolute atomic E-state index is 12.4. The SMILES string of the molecule is CCCCC1CC(C)C(C)C12C(=O)[N-]C(=O)NC2=O.[Na+]. The van der Waals surface area contributed by atoms with Gasteiger partial charge in [-0.3, -0.25) is 14.4 Å². The summed E-state index contributed by atoms with van der Waals surface area (Å²) >= 11 is 0. The topological polar surface area (TPSA) is 77.3 Å². The Morgan fingerprint density at radius 3 is 2.50 bits per heavy atom. The van der Waals surface area contributed by atoms with Crippen LogP contribution in [0, 0.1) is 23.2 Å². The van der Waals surface area contributed by atoms with Gasteiger partial charge in [0.05, 0.1) is 5.41 Å². The Bertz CT molecular complexity index is 405. The molecule has 0 bridgehead atoms. The molecule has 1 N–H and O–H groups in total. The van der Waals surface area contributed by atoms with Gasteiger partial charge in [0.15, 0.2) is 17.8 Å². The van der Waals surface area contributed by atoms with Crippen molar-refractivity contribution in [2.75, 3.05) is 0 Å². The number of rotatable bonds is 3. The van der Waals surface area contributed by atoms with Crippen molar-refractivity contribution in [1.82, 2.24) is 5.32 Å². The second kappa shape index (κ2) is 6.58. The number of carbonyl (C=O) groups is 3. The molecule has 0 radical (unpaired) electrons. The summed E-state index contributed by atoms with van der Waals surface area (Å²) in [4.78, 5) is 35.9. The molecule has 1 aliphatic heterocycles. The van der Waals surface area contributed by atoms with Crippen LogP contribution in [0.25, 0.3) is 5.32 Å². The molecular formula is C14H21N2NaO3. The summed E-state index contributed by atoms with van der Waals surface area (Å²) < 4.78 is 0. The first-order valence-electron chi connectivity index (χ1n) is 7.06. The van der Waals surface area contributed by atoms with Crippen LogP contribution in [0.5, 0.6) is 0 Å². The molecule has 6 heteroatoms. The average molecular weight is 288 g/mol. The molecule has 2 fully saturated rings. The number of hydrogen-bond donors (Lipinski definition) is 1. The number of nitrogens with zero attached hydrogens (tertiary/aromatic N) is 1. The number of carbonyl (C=O) groups excluding carboxylic acids is 3. The maximum Gasteiger partial charge on any atom is 1.00 e. The van der Waals surface area contributed by atoms with Crippen molar-refractivity contribution < 1.29 is 43.9 Å². The fourth-order valence-electron chi connectivity index (χ4n) is 3.73. The molecule has 2 rings (SSSR count). The van der Waals surface area contributed by atoms with Crippen LogP contribution in [-0.2, 0) is 9.59 Å². The largest absolute Gasteiger partial charge is 1.00 e. The third kappa shape index (κ3) is 2.55. The van der Waals surface area contributed by atoms with Crippen LogP contribution in [-0.4, -0.2) is 17.8 Å². The van der Waals surface area contributed by atoms with Crippen LogP contribution in [0.15, 0.2) is 0 Å². The van der Waals surface area contributed by atoms with Crippen molar-refractivity contribution in [3.63, 3.8) is 0 Å². The van der Waals surface area contributed by atoms with Gasteiger partial charge in [-0.25, -0.2) is 0 Å². The van der Waals surface area contributed by atoms with Gasteiger partial charge in [0.1, 0.15) is 0 Å². The van der Waals surface area contributed by atoms with Crippen LogP contribution in [0.1, 0.15) is 46.5 Å². The van der Waals surface area contributed by atoms with E-state index in [4.69, 9.17) is 0 Å². The summed E-state index contributed by atoms with van der Waals surface area (Å²) in [7, 11) is 0. The summed E-state index contributed by atoms with van der Waals surface area (Å²) in [6.45, 7) is 6.08. The zero-order valence-electron chi connectivity index (χ0n) is 12.7. The van der Waals surface area contributed by atoms with Gasteiger partial charge in [-0.05, 0) is 30.6 Å². The maximum atomic E-state index is 12.4. The molecule has 1 saturated carbocycles. The standard InChI is InChI=1S/C14H22N2O3.Na/c1-4-5-6-10-7-8(2)9(3)14(10)11(17)15-13(19)16-12(14)18;/h8-10H,4-7H2,1-3H3,(H2,15,16,17,18,19);/q;+1/p-1. The minimum Gasteiger partial charge on any atom is -0.394 e. The third-order valence-electron chi connectivity index (χ3n) is 4.93. The van der Waals surface area contributed by atoms with Gasteiger partial charge in [-0.1, -0.05) is 33.6 Å². The van der Waals surface area contributed by atoms with E-state index in [1.165, 1.54) is 0 Å². The Morgan fingerprint density at radius 1 is 1.30 bits per heavy atom. The molecule has 5 nitrogen and oxygen atoms in total. The van der Waals surface area contributed by atoms with Gasteiger partial charge < -0.3 is 10.6 Å². The van der Waals surface area contributed by atoms with Crippen LogP contribution >= 0.6 is 0 Å². The summed E-state index contributed by atoms with van der Waals surface area (Å²) in [6.07, 6.45) is 3.71. The summed E-state index contributed by atoms with van der Waals surface area (Å²) in [6, 6.07) is -0.818. The van der Waals surface area contributed by atoms with Crippen LogP contribution in [0.2, 0.25) is 0 Å². The van der Waals surface area contributed by atoms with Crippen LogP contribution < -0.4 is 34.9 Å². The number of amides is 4. The number of unbranched alkanes of at least 4 members (excludes halogenated alkanes) is 1. The first-order chi connectivity index (χ1) is 8.94. The summed E-state index contributed by atoms with van der Waals surface area (Å²) in [5.74, 6) is -0.741. The molecule has 4 unspecified atom stereocenters. The summed E-state index contributed by atoms with van der Waals surface area (Å²) in [5, 5.41) is 5.74. The molecule has 4 atom stereocenters. The van der Waals surface area contributed by atoms with E-state index in [0.29, 0.717) is 5.92 Å². The molecular weight excluding hydrogens is 267 g/mol. The molecule has 106 valence electrons. The molecule has 2 aliphatic rings. The van der Waals surface area contributed by atoms with Crippen molar-refractivity contribution in [3.05, 3.63) is 5.32 Å². The number of nitrogens with one attached hydrogen (secondary N) is 1. The Kier molecular flexibility index (Phi) is 5.81. The smallest absolute Gasteiger partial charge is 0.394 e. The predicted molar refractivity (Wildman–Crippen MR) is 70.3 cm³/mol. The molecule has 0 aromatic rings. The van der Waals surface area contributed by atoms with Gasteiger partial charge in [0.2, 0.25) is 0 Å². The van der Waals surface area contributed by atoms with Gasteiger partial charge in [-0.2, -0.15) is 0 Å². The first-order valence-corrected chi connectivity index (χ1v) is 7.06. The average Bonchev–Trinajstić information content (AvgIpc) is 2.58. The first kappa shape index (κ1) is 17.7. The minimum atomic E-state index is -1.11. The van der Waals surface area contributed by atoms with E-state index in [-0.39, 0.29) is 41.4 Å². The molecule has 0 aromatic heterocycles. The molecule has 1 saturated heterocycles. The van der Waals surface area contributed by atoms with Crippen molar-refractivity contribution >= 4 is 17.8 Å². The molecule has 1 spiro atoms.